The van der Waals surface area contributed by atoms with Crippen molar-refractivity contribution < 1.29 is 9.53 Å². The predicted molar refractivity (Wildman–Crippen MR) is 79.7 cm³/mol. The number of rotatable bonds is 3. The van der Waals surface area contributed by atoms with Gasteiger partial charge in [-0.3, -0.25) is 9.89 Å². The van der Waals surface area contributed by atoms with Crippen LogP contribution in [0.4, 0.5) is 11.5 Å². The fourth-order valence-corrected chi connectivity index (χ4v) is 2.26. The minimum Gasteiger partial charge on any atom is -0.378 e. The summed E-state index contributed by atoms with van der Waals surface area (Å²) >= 11 is 0. The Morgan fingerprint density at radius 1 is 1.32 bits per heavy atom. The van der Waals surface area contributed by atoms with Crippen molar-refractivity contribution in [1.29, 1.82) is 5.26 Å². The Morgan fingerprint density at radius 3 is 2.73 bits per heavy atom. The molecule has 0 radical (unpaired) electrons. The number of morpholine rings is 1. The second-order valence-electron chi connectivity index (χ2n) is 4.88. The first-order chi connectivity index (χ1) is 10.8. The molecule has 1 aromatic carbocycles. The summed E-state index contributed by atoms with van der Waals surface area (Å²) in [5.41, 5.74) is 1.85. The molecule has 3 rings (SSSR count). The summed E-state index contributed by atoms with van der Waals surface area (Å²) in [6.07, 6.45) is 1.46. The average Bonchev–Trinajstić information content (AvgIpc) is 3.03. The molecule has 1 fully saturated rings. The highest BCUT2D eigenvalue weighted by atomic mass is 16.5. The van der Waals surface area contributed by atoms with Gasteiger partial charge in [-0.15, -0.1) is 0 Å². The van der Waals surface area contributed by atoms with Gasteiger partial charge in [-0.25, -0.2) is 0 Å². The number of H-pyrrole nitrogens is 1. The number of carbonyl (C=O) groups is 1. The number of anilines is 2. The molecule has 1 aromatic heterocycles. The molecule has 0 atom stereocenters. The third kappa shape index (κ3) is 2.92. The van der Waals surface area contributed by atoms with Gasteiger partial charge in [0.1, 0.15) is 17.5 Å². The molecular weight excluding hydrogens is 282 g/mol. The average molecular weight is 297 g/mol. The second-order valence-corrected chi connectivity index (χ2v) is 4.88. The highest BCUT2D eigenvalue weighted by molar-refractivity contribution is 5.94. The number of hydrogen-bond donors (Lipinski definition) is 2. The van der Waals surface area contributed by atoms with Gasteiger partial charge in [0, 0.05) is 24.3 Å². The number of carbonyl (C=O) groups excluding carboxylic acids is 1. The van der Waals surface area contributed by atoms with Crippen molar-refractivity contribution in [3.05, 3.63) is 41.6 Å². The zero-order valence-electron chi connectivity index (χ0n) is 11.9. The van der Waals surface area contributed by atoms with Crippen molar-refractivity contribution in [3.8, 4) is 6.07 Å². The molecule has 22 heavy (non-hydrogen) atoms. The first kappa shape index (κ1) is 14.1. The number of nitrogens with one attached hydrogen (secondary N) is 2. The molecule has 1 amide bonds. The van der Waals surface area contributed by atoms with Crippen LogP contribution in [0.5, 0.6) is 0 Å². The van der Waals surface area contributed by atoms with E-state index >= 15 is 0 Å². The molecule has 0 aliphatic carbocycles. The van der Waals surface area contributed by atoms with E-state index in [0.717, 1.165) is 5.69 Å². The van der Waals surface area contributed by atoms with Crippen molar-refractivity contribution >= 4 is 17.4 Å². The molecule has 1 aliphatic heterocycles. The summed E-state index contributed by atoms with van der Waals surface area (Å²) in [6, 6.07) is 9.17. The summed E-state index contributed by atoms with van der Waals surface area (Å²) in [6.45, 7) is 2.42. The van der Waals surface area contributed by atoms with E-state index in [1.807, 2.05) is 6.07 Å². The fourth-order valence-electron chi connectivity index (χ4n) is 2.26. The predicted octanol–water partition coefficient (Wildman–Crippen LogP) is 1.50. The highest BCUT2D eigenvalue weighted by Crippen LogP contribution is 2.18. The zero-order valence-corrected chi connectivity index (χ0v) is 11.9. The topological polar surface area (TPSA) is 94.0 Å². The smallest absolute Gasteiger partial charge is 0.254 e. The zero-order chi connectivity index (χ0) is 15.4. The SMILES string of the molecule is N#Cc1cn[nH]c1Nc1ccc(C(=O)N2CCOCC2)cc1. The van der Waals surface area contributed by atoms with Crippen molar-refractivity contribution in [2.75, 3.05) is 31.6 Å². The molecule has 2 N–H and O–H groups in total. The number of amides is 1. The van der Waals surface area contributed by atoms with E-state index in [2.05, 4.69) is 15.5 Å². The lowest BCUT2D eigenvalue weighted by Gasteiger charge is -2.26. The monoisotopic (exact) mass is 297 g/mol. The van der Waals surface area contributed by atoms with Gasteiger partial charge in [0.05, 0.1) is 19.4 Å². The van der Waals surface area contributed by atoms with Crippen LogP contribution in [-0.2, 0) is 4.74 Å². The summed E-state index contributed by atoms with van der Waals surface area (Å²) in [5.74, 6) is 0.545. The van der Waals surface area contributed by atoms with Crippen LogP contribution in [-0.4, -0.2) is 47.3 Å². The van der Waals surface area contributed by atoms with Crippen molar-refractivity contribution in [2.24, 2.45) is 0 Å². The molecular formula is C15H15N5O2. The van der Waals surface area contributed by atoms with Crippen LogP contribution in [0.3, 0.4) is 0 Å². The minimum absolute atomic E-state index is 0.00843. The summed E-state index contributed by atoms with van der Waals surface area (Å²) in [5, 5.41) is 18.5. The summed E-state index contributed by atoms with van der Waals surface area (Å²) in [4.78, 5) is 14.1. The molecule has 0 saturated carbocycles. The lowest BCUT2D eigenvalue weighted by Crippen LogP contribution is -2.40. The van der Waals surface area contributed by atoms with E-state index in [-0.39, 0.29) is 5.91 Å². The van der Waals surface area contributed by atoms with Crippen LogP contribution in [0.1, 0.15) is 15.9 Å². The number of nitrogens with zero attached hydrogens (tertiary/aromatic N) is 3. The molecule has 1 aliphatic rings. The van der Waals surface area contributed by atoms with Crippen LogP contribution in [0.25, 0.3) is 0 Å². The lowest BCUT2D eigenvalue weighted by atomic mass is 10.1. The second kappa shape index (κ2) is 6.28. The number of nitriles is 1. The van der Waals surface area contributed by atoms with Crippen LogP contribution >= 0.6 is 0 Å². The normalized spacial score (nSPS) is 14.4. The fraction of sp³-hybridized carbons (Fsp3) is 0.267. The van der Waals surface area contributed by atoms with E-state index in [1.54, 1.807) is 29.2 Å². The van der Waals surface area contributed by atoms with E-state index in [1.165, 1.54) is 6.20 Å². The van der Waals surface area contributed by atoms with Gasteiger partial charge in [0.15, 0.2) is 0 Å². The Morgan fingerprint density at radius 2 is 2.05 bits per heavy atom. The molecule has 7 heteroatoms. The third-order valence-electron chi connectivity index (χ3n) is 3.46. The van der Waals surface area contributed by atoms with E-state index < -0.39 is 0 Å². The maximum absolute atomic E-state index is 12.3. The van der Waals surface area contributed by atoms with Gasteiger partial charge in [-0.1, -0.05) is 0 Å². The van der Waals surface area contributed by atoms with Crippen molar-refractivity contribution in [3.63, 3.8) is 0 Å². The van der Waals surface area contributed by atoms with Crippen molar-refractivity contribution in [1.82, 2.24) is 15.1 Å². The minimum atomic E-state index is 0.00843. The first-order valence-corrected chi connectivity index (χ1v) is 6.95. The molecule has 112 valence electrons. The van der Waals surface area contributed by atoms with E-state index in [4.69, 9.17) is 10.00 Å². The van der Waals surface area contributed by atoms with Gasteiger partial charge >= 0.3 is 0 Å². The van der Waals surface area contributed by atoms with Crippen LogP contribution < -0.4 is 5.32 Å². The third-order valence-corrected chi connectivity index (χ3v) is 3.46. The quantitative estimate of drug-likeness (QED) is 0.895. The first-order valence-electron chi connectivity index (χ1n) is 6.95. The number of aromatic amines is 1. The maximum Gasteiger partial charge on any atom is 0.254 e. The van der Waals surface area contributed by atoms with Crippen molar-refractivity contribution in [2.45, 2.75) is 0 Å². The Balaban J connectivity index is 1.70. The molecule has 7 nitrogen and oxygen atoms in total. The number of ether oxygens (including phenoxy) is 1. The van der Waals surface area contributed by atoms with Crippen LogP contribution in [0.2, 0.25) is 0 Å². The Bertz CT molecular complexity index is 695. The van der Waals surface area contributed by atoms with Gasteiger partial charge in [-0.05, 0) is 24.3 Å². The molecule has 1 saturated heterocycles. The molecule has 0 bridgehead atoms. The van der Waals surface area contributed by atoms with Gasteiger partial charge < -0.3 is 15.0 Å². The summed E-state index contributed by atoms with van der Waals surface area (Å²) < 4.78 is 5.25. The van der Waals surface area contributed by atoms with Crippen LogP contribution in [0.15, 0.2) is 30.5 Å². The van der Waals surface area contributed by atoms with Gasteiger partial charge in [-0.2, -0.15) is 10.4 Å². The molecule has 0 spiro atoms. The maximum atomic E-state index is 12.3. The lowest BCUT2D eigenvalue weighted by molar-refractivity contribution is 0.0303. The Hall–Kier alpha value is -2.85. The van der Waals surface area contributed by atoms with Crippen LogP contribution in [0, 0.1) is 11.3 Å². The Labute approximate surface area is 127 Å². The van der Waals surface area contributed by atoms with Gasteiger partial charge in [0.2, 0.25) is 0 Å². The van der Waals surface area contributed by atoms with E-state index in [9.17, 15) is 4.79 Å². The Kier molecular flexibility index (Phi) is 4.03. The molecule has 0 unspecified atom stereocenters. The largest absolute Gasteiger partial charge is 0.378 e. The molecule has 2 heterocycles. The standard InChI is InChI=1S/C15H15N5O2/c16-9-12-10-17-19-14(12)18-13-3-1-11(2-4-13)15(21)20-5-7-22-8-6-20/h1-4,10H,5-8H2,(H2,17,18,19). The summed E-state index contributed by atoms with van der Waals surface area (Å²) in [7, 11) is 0. The van der Waals surface area contributed by atoms with E-state index in [0.29, 0.717) is 43.2 Å². The van der Waals surface area contributed by atoms with Gasteiger partial charge in [0.25, 0.3) is 5.91 Å². The number of benzene rings is 1. The highest BCUT2D eigenvalue weighted by Gasteiger charge is 2.18. The molecule has 2 aromatic rings. The number of aromatic nitrogens is 2. The number of hydrogen-bond acceptors (Lipinski definition) is 5.